The molecule has 0 saturated heterocycles. The number of hydrogen-bond donors (Lipinski definition) is 1. The van der Waals surface area contributed by atoms with Gasteiger partial charge in [-0.1, -0.05) is 41.9 Å². The molecule has 3 aromatic carbocycles. The molecule has 142 valence electrons. The third-order valence-corrected chi connectivity index (χ3v) is 6.70. The molecular weight excluding hydrogens is 392 g/mol. The summed E-state index contributed by atoms with van der Waals surface area (Å²) >= 11 is 6.13. The van der Waals surface area contributed by atoms with Gasteiger partial charge in [0.15, 0.2) is 11.0 Å². The Morgan fingerprint density at radius 1 is 1.07 bits per heavy atom. The van der Waals surface area contributed by atoms with Crippen molar-refractivity contribution < 1.29 is 9.00 Å². The van der Waals surface area contributed by atoms with Crippen molar-refractivity contribution in [1.82, 2.24) is 0 Å². The van der Waals surface area contributed by atoms with Crippen LogP contribution in [0.5, 0.6) is 0 Å². The highest BCUT2D eigenvalue weighted by atomic mass is 35.5. The Bertz CT molecular complexity index is 1080. The summed E-state index contributed by atoms with van der Waals surface area (Å²) in [5, 5.41) is 3.48. The molecule has 1 N–H and O–H groups in total. The average molecular weight is 411 g/mol. The SMILES string of the molecule is Cc1c(Cl)cccc1NC(=O)c1cccc(S(=O)N2CCc3ccccc32)c1. The molecular formula is C22H19ClN2O2S. The molecule has 0 bridgehead atoms. The number of hydrogen-bond acceptors (Lipinski definition) is 2. The standard InChI is InChI=1S/C22H19ClN2O2S/c1-15-19(23)9-5-10-20(15)24-22(26)17-7-4-8-18(14-17)28(27)25-13-12-16-6-2-3-11-21(16)25/h2-11,14H,12-13H2,1H3,(H,24,26). The molecule has 0 radical (unpaired) electrons. The minimum absolute atomic E-state index is 0.258. The monoisotopic (exact) mass is 410 g/mol. The lowest BCUT2D eigenvalue weighted by molar-refractivity contribution is 0.102. The molecule has 1 aliphatic rings. The van der Waals surface area contributed by atoms with Gasteiger partial charge in [0.1, 0.15) is 0 Å². The predicted molar refractivity (Wildman–Crippen MR) is 114 cm³/mol. The van der Waals surface area contributed by atoms with Gasteiger partial charge in [0.05, 0.1) is 10.6 Å². The molecule has 0 aliphatic carbocycles. The van der Waals surface area contributed by atoms with Crippen molar-refractivity contribution in [2.24, 2.45) is 0 Å². The van der Waals surface area contributed by atoms with Crippen LogP contribution in [0.15, 0.2) is 71.6 Å². The van der Waals surface area contributed by atoms with Crippen molar-refractivity contribution in [3.05, 3.63) is 88.4 Å². The lowest BCUT2D eigenvalue weighted by atomic mass is 10.1. The third kappa shape index (κ3) is 3.55. The molecule has 3 aromatic rings. The van der Waals surface area contributed by atoms with Crippen LogP contribution in [0.1, 0.15) is 21.5 Å². The number of amides is 1. The Hall–Kier alpha value is -2.63. The molecule has 0 fully saturated rings. The van der Waals surface area contributed by atoms with Gasteiger partial charge in [-0.25, -0.2) is 4.21 Å². The van der Waals surface area contributed by atoms with Gasteiger partial charge in [-0.15, -0.1) is 0 Å². The van der Waals surface area contributed by atoms with Crippen molar-refractivity contribution in [3.8, 4) is 0 Å². The van der Waals surface area contributed by atoms with Crippen molar-refractivity contribution in [2.75, 3.05) is 16.2 Å². The highest BCUT2D eigenvalue weighted by Crippen LogP contribution is 2.31. The Kier molecular flexibility index (Phi) is 5.20. The summed E-state index contributed by atoms with van der Waals surface area (Å²) in [5.41, 5.74) is 4.12. The van der Waals surface area contributed by atoms with Gasteiger partial charge in [0, 0.05) is 22.8 Å². The van der Waals surface area contributed by atoms with Crippen molar-refractivity contribution in [2.45, 2.75) is 18.2 Å². The van der Waals surface area contributed by atoms with Crippen molar-refractivity contribution >= 4 is 39.9 Å². The number of nitrogens with zero attached hydrogens (tertiary/aromatic N) is 1. The van der Waals surface area contributed by atoms with E-state index in [1.54, 1.807) is 36.4 Å². The van der Waals surface area contributed by atoms with Crippen molar-refractivity contribution in [3.63, 3.8) is 0 Å². The van der Waals surface area contributed by atoms with Gasteiger partial charge in [0.25, 0.3) is 5.91 Å². The first-order valence-electron chi connectivity index (χ1n) is 8.98. The van der Waals surface area contributed by atoms with Gasteiger partial charge >= 0.3 is 0 Å². The van der Waals surface area contributed by atoms with E-state index in [0.717, 1.165) is 17.7 Å². The van der Waals surface area contributed by atoms with E-state index in [4.69, 9.17) is 11.6 Å². The van der Waals surface area contributed by atoms with E-state index in [-0.39, 0.29) is 5.91 Å². The van der Waals surface area contributed by atoms with Gasteiger partial charge in [0.2, 0.25) is 0 Å². The van der Waals surface area contributed by atoms with E-state index in [9.17, 15) is 9.00 Å². The van der Waals surface area contributed by atoms with Gasteiger partial charge in [-0.05, 0) is 60.9 Å². The number of para-hydroxylation sites is 1. The van der Waals surface area contributed by atoms with Crippen LogP contribution >= 0.6 is 11.6 Å². The Labute approximate surface area is 171 Å². The summed E-state index contributed by atoms with van der Waals surface area (Å²) < 4.78 is 15.0. The van der Waals surface area contributed by atoms with E-state index >= 15 is 0 Å². The number of nitrogens with one attached hydrogen (secondary N) is 1. The molecule has 0 aromatic heterocycles. The summed E-state index contributed by atoms with van der Waals surface area (Å²) in [7, 11) is -1.37. The second-order valence-electron chi connectivity index (χ2n) is 6.62. The van der Waals surface area contributed by atoms with Crippen LogP contribution in [0.25, 0.3) is 0 Å². The van der Waals surface area contributed by atoms with E-state index in [1.807, 2.05) is 35.5 Å². The fourth-order valence-corrected chi connectivity index (χ4v) is 4.76. The summed E-state index contributed by atoms with van der Waals surface area (Å²) in [6.45, 7) is 2.55. The second kappa shape index (κ2) is 7.78. The quantitative estimate of drug-likeness (QED) is 0.659. The third-order valence-electron chi connectivity index (χ3n) is 4.86. The first-order chi connectivity index (χ1) is 13.5. The minimum Gasteiger partial charge on any atom is -0.322 e. The highest BCUT2D eigenvalue weighted by Gasteiger charge is 2.24. The highest BCUT2D eigenvalue weighted by molar-refractivity contribution is 7.86. The number of fused-ring (bicyclic) bond motifs is 1. The summed E-state index contributed by atoms with van der Waals surface area (Å²) in [5.74, 6) is -0.258. The molecule has 1 unspecified atom stereocenters. The number of rotatable bonds is 4. The molecule has 1 aliphatic heterocycles. The topological polar surface area (TPSA) is 49.4 Å². The Morgan fingerprint density at radius 2 is 1.86 bits per heavy atom. The first-order valence-corrected chi connectivity index (χ1v) is 10.5. The van der Waals surface area contributed by atoms with Crippen LogP contribution in [0.3, 0.4) is 0 Å². The van der Waals surface area contributed by atoms with Crippen LogP contribution < -0.4 is 9.62 Å². The van der Waals surface area contributed by atoms with Crippen LogP contribution in [-0.2, 0) is 17.4 Å². The van der Waals surface area contributed by atoms with E-state index < -0.39 is 11.0 Å². The normalized spacial score (nSPS) is 13.9. The number of anilines is 2. The molecule has 28 heavy (non-hydrogen) atoms. The van der Waals surface area contributed by atoms with E-state index in [2.05, 4.69) is 11.4 Å². The number of carbonyl (C=O) groups excluding carboxylic acids is 1. The molecule has 0 spiro atoms. The molecule has 0 saturated carbocycles. The van der Waals surface area contributed by atoms with Gasteiger partial charge < -0.3 is 5.32 Å². The predicted octanol–water partition coefficient (Wildman–Crippen LogP) is 4.99. The van der Waals surface area contributed by atoms with Crippen LogP contribution in [0, 0.1) is 6.92 Å². The van der Waals surface area contributed by atoms with E-state index in [1.165, 1.54) is 5.56 Å². The first kappa shape index (κ1) is 18.7. The lowest BCUT2D eigenvalue weighted by Crippen LogP contribution is -2.23. The molecule has 1 atom stereocenters. The minimum atomic E-state index is -1.37. The summed E-state index contributed by atoms with van der Waals surface area (Å²) in [6.07, 6.45) is 0.871. The second-order valence-corrected chi connectivity index (χ2v) is 8.44. The Morgan fingerprint density at radius 3 is 2.71 bits per heavy atom. The molecule has 1 heterocycles. The maximum atomic E-state index is 13.1. The fraction of sp³-hybridized carbons (Fsp3) is 0.136. The zero-order chi connectivity index (χ0) is 19.7. The lowest BCUT2D eigenvalue weighted by Gasteiger charge is -2.18. The van der Waals surface area contributed by atoms with Crippen molar-refractivity contribution in [1.29, 1.82) is 0 Å². The zero-order valence-corrected chi connectivity index (χ0v) is 16.9. The van der Waals surface area contributed by atoms with Crippen LogP contribution in [0.2, 0.25) is 5.02 Å². The summed E-state index contributed by atoms with van der Waals surface area (Å²) in [6, 6.07) is 20.3. The van der Waals surface area contributed by atoms with E-state index in [0.29, 0.717) is 27.7 Å². The maximum Gasteiger partial charge on any atom is 0.255 e. The smallest absolute Gasteiger partial charge is 0.255 e. The number of carbonyl (C=O) groups is 1. The maximum absolute atomic E-state index is 13.1. The average Bonchev–Trinajstić information content (AvgIpc) is 3.15. The largest absolute Gasteiger partial charge is 0.322 e. The number of benzene rings is 3. The summed E-state index contributed by atoms with van der Waals surface area (Å²) in [4.78, 5) is 13.3. The van der Waals surface area contributed by atoms with Crippen LogP contribution in [0.4, 0.5) is 11.4 Å². The number of halogens is 1. The fourth-order valence-electron chi connectivity index (χ4n) is 3.29. The zero-order valence-electron chi connectivity index (χ0n) is 15.3. The Balaban J connectivity index is 1.57. The molecule has 4 rings (SSSR count). The molecule has 1 amide bonds. The molecule has 4 nitrogen and oxygen atoms in total. The van der Waals surface area contributed by atoms with Gasteiger partial charge in [-0.3, -0.25) is 9.10 Å². The van der Waals surface area contributed by atoms with Gasteiger partial charge in [-0.2, -0.15) is 0 Å². The van der Waals surface area contributed by atoms with Crippen LogP contribution in [-0.4, -0.2) is 16.7 Å². The molecule has 6 heteroatoms.